The lowest BCUT2D eigenvalue weighted by Crippen LogP contribution is -1.96. The van der Waals surface area contributed by atoms with Gasteiger partial charge in [-0.05, 0) is 35.7 Å². The van der Waals surface area contributed by atoms with Crippen molar-refractivity contribution in [1.82, 2.24) is 4.98 Å². The Kier molecular flexibility index (Phi) is 4.98. The molecule has 0 unspecified atom stereocenters. The van der Waals surface area contributed by atoms with E-state index in [2.05, 4.69) is 31.0 Å². The van der Waals surface area contributed by atoms with Crippen LogP contribution in [0.2, 0.25) is 0 Å². The van der Waals surface area contributed by atoms with Crippen LogP contribution in [0, 0.1) is 22.7 Å². The molecule has 0 atom stereocenters. The summed E-state index contributed by atoms with van der Waals surface area (Å²) in [6.45, 7) is 4.17. The van der Waals surface area contributed by atoms with Gasteiger partial charge in [-0.25, -0.2) is 4.98 Å². The molecule has 0 spiro atoms. The minimum atomic E-state index is 0.340. The summed E-state index contributed by atoms with van der Waals surface area (Å²) in [7, 11) is 0. The van der Waals surface area contributed by atoms with Crippen molar-refractivity contribution in [3.63, 3.8) is 0 Å². The van der Waals surface area contributed by atoms with Gasteiger partial charge in [-0.2, -0.15) is 10.5 Å². The normalized spacial score (nSPS) is 10.1. The molecule has 3 nitrogen and oxygen atoms in total. The number of hydrogen-bond acceptors (Lipinski definition) is 4. The molecule has 0 radical (unpaired) electrons. The lowest BCUT2D eigenvalue weighted by atomic mass is 10.1. The molecule has 2 aromatic rings. The number of nitriles is 2. The summed E-state index contributed by atoms with van der Waals surface area (Å²) < 4.78 is 0. The second kappa shape index (κ2) is 6.92. The fraction of sp³-hybridized carbons (Fsp3) is 0.235. The third kappa shape index (κ3) is 3.84. The molecule has 21 heavy (non-hydrogen) atoms. The molecule has 0 aliphatic heterocycles. The summed E-state index contributed by atoms with van der Waals surface area (Å²) in [4.78, 5) is 4.58. The molecule has 0 bridgehead atoms. The van der Waals surface area contributed by atoms with Gasteiger partial charge in [0.2, 0.25) is 0 Å². The summed E-state index contributed by atoms with van der Waals surface area (Å²) in [6, 6.07) is 15.5. The van der Waals surface area contributed by atoms with Gasteiger partial charge in [-0.15, -0.1) is 11.8 Å². The fourth-order valence-corrected chi connectivity index (χ4v) is 2.73. The van der Waals surface area contributed by atoms with Crippen LogP contribution in [0.25, 0.3) is 0 Å². The summed E-state index contributed by atoms with van der Waals surface area (Å²) in [6.07, 6.45) is 0. The van der Waals surface area contributed by atoms with Crippen LogP contribution in [0.3, 0.4) is 0 Å². The van der Waals surface area contributed by atoms with Gasteiger partial charge >= 0.3 is 0 Å². The zero-order chi connectivity index (χ0) is 15.2. The van der Waals surface area contributed by atoms with E-state index in [4.69, 9.17) is 5.26 Å². The average molecular weight is 293 g/mol. The first-order chi connectivity index (χ1) is 10.1. The highest BCUT2D eigenvalue weighted by atomic mass is 32.2. The Bertz CT molecular complexity index is 706. The molecule has 0 aliphatic rings. The highest BCUT2D eigenvalue weighted by molar-refractivity contribution is 7.98. The zero-order valence-electron chi connectivity index (χ0n) is 12.0. The third-order valence-electron chi connectivity index (χ3n) is 3.05. The van der Waals surface area contributed by atoms with Gasteiger partial charge in [-0.1, -0.05) is 26.0 Å². The molecule has 0 saturated carbocycles. The first-order valence-corrected chi connectivity index (χ1v) is 7.65. The molecule has 2 rings (SSSR count). The number of pyridine rings is 1. The number of aromatic nitrogens is 1. The molecule has 0 N–H and O–H groups in total. The van der Waals surface area contributed by atoms with Crippen molar-refractivity contribution in [2.45, 2.75) is 30.5 Å². The maximum absolute atomic E-state index is 9.17. The Hall–Kier alpha value is -2.30. The summed E-state index contributed by atoms with van der Waals surface area (Å²) in [5, 5.41) is 18.7. The van der Waals surface area contributed by atoms with Crippen molar-refractivity contribution in [2.75, 3.05) is 0 Å². The number of hydrogen-bond donors (Lipinski definition) is 0. The molecule has 0 fully saturated rings. The molecule has 104 valence electrons. The van der Waals surface area contributed by atoms with Gasteiger partial charge < -0.3 is 0 Å². The minimum Gasteiger partial charge on any atom is -0.245 e. The maximum Gasteiger partial charge on any atom is 0.114 e. The van der Waals surface area contributed by atoms with Crippen molar-refractivity contribution in [3.05, 3.63) is 58.8 Å². The smallest absolute Gasteiger partial charge is 0.114 e. The predicted octanol–water partition coefficient (Wildman–Crippen LogP) is 4.24. The standard InChI is InChI=1S/C17H15N3S/c1-12(2)16-8-7-15(10-19)17(20-16)21-11-14-5-3-13(9-18)4-6-14/h3-8,12H,11H2,1-2H3. The van der Waals surface area contributed by atoms with E-state index >= 15 is 0 Å². The van der Waals surface area contributed by atoms with Crippen molar-refractivity contribution in [2.24, 2.45) is 0 Å². The van der Waals surface area contributed by atoms with E-state index in [1.54, 1.807) is 23.9 Å². The Labute approximate surface area is 129 Å². The molecule has 0 aliphatic carbocycles. The molecule has 0 saturated heterocycles. The first-order valence-electron chi connectivity index (χ1n) is 6.67. The molecule has 0 amide bonds. The number of benzene rings is 1. The lowest BCUT2D eigenvalue weighted by molar-refractivity contribution is 0.801. The first kappa shape index (κ1) is 15.1. The van der Waals surface area contributed by atoms with Crippen LogP contribution in [0.1, 0.15) is 42.1 Å². The lowest BCUT2D eigenvalue weighted by Gasteiger charge is -2.08. The molecule has 1 aromatic heterocycles. The summed E-state index contributed by atoms with van der Waals surface area (Å²) in [5.41, 5.74) is 3.37. The highest BCUT2D eigenvalue weighted by Crippen LogP contribution is 2.26. The Morgan fingerprint density at radius 2 is 1.76 bits per heavy atom. The van der Waals surface area contributed by atoms with Gasteiger partial charge in [0.15, 0.2) is 0 Å². The SMILES string of the molecule is CC(C)c1ccc(C#N)c(SCc2ccc(C#N)cc2)n1. The van der Waals surface area contributed by atoms with Crippen molar-refractivity contribution >= 4 is 11.8 Å². The van der Waals surface area contributed by atoms with Crippen LogP contribution in [0.15, 0.2) is 41.4 Å². The van der Waals surface area contributed by atoms with E-state index in [9.17, 15) is 5.26 Å². The second-order valence-electron chi connectivity index (χ2n) is 4.95. The van der Waals surface area contributed by atoms with Gasteiger partial charge in [0.1, 0.15) is 11.1 Å². The maximum atomic E-state index is 9.17. The van der Waals surface area contributed by atoms with E-state index in [1.165, 1.54) is 0 Å². The molecular formula is C17H15N3S. The van der Waals surface area contributed by atoms with E-state index in [1.807, 2.05) is 24.3 Å². The Morgan fingerprint density at radius 1 is 1.05 bits per heavy atom. The van der Waals surface area contributed by atoms with Crippen LogP contribution in [-0.2, 0) is 5.75 Å². The number of nitrogens with zero attached hydrogens (tertiary/aromatic N) is 3. The number of thioether (sulfide) groups is 1. The van der Waals surface area contributed by atoms with E-state index in [-0.39, 0.29) is 0 Å². The largest absolute Gasteiger partial charge is 0.245 e. The fourth-order valence-electron chi connectivity index (χ4n) is 1.80. The second-order valence-corrected chi connectivity index (χ2v) is 5.92. The third-order valence-corrected chi connectivity index (χ3v) is 4.11. The van der Waals surface area contributed by atoms with Crippen molar-refractivity contribution in [1.29, 1.82) is 10.5 Å². The van der Waals surface area contributed by atoms with Crippen LogP contribution in [-0.4, -0.2) is 4.98 Å². The Balaban J connectivity index is 2.16. The predicted molar refractivity (Wildman–Crippen MR) is 83.8 cm³/mol. The van der Waals surface area contributed by atoms with Gasteiger partial charge in [0.05, 0.1) is 17.2 Å². The van der Waals surface area contributed by atoms with E-state index in [0.29, 0.717) is 17.0 Å². The highest BCUT2D eigenvalue weighted by Gasteiger charge is 2.09. The minimum absolute atomic E-state index is 0.340. The quantitative estimate of drug-likeness (QED) is 0.791. The molecule has 4 heteroatoms. The van der Waals surface area contributed by atoms with Crippen molar-refractivity contribution < 1.29 is 0 Å². The van der Waals surface area contributed by atoms with Gasteiger partial charge in [0.25, 0.3) is 0 Å². The molecular weight excluding hydrogens is 278 g/mol. The summed E-state index contributed by atoms with van der Waals surface area (Å²) >= 11 is 1.55. The summed E-state index contributed by atoms with van der Waals surface area (Å²) in [5.74, 6) is 1.07. The van der Waals surface area contributed by atoms with Crippen molar-refractivity contribution in [3.8, 4) is 12.1 Å². The van der Waals surface area contributed by atoms with E-state index in [0.717, 1.165) is 22.0 Å². The molecule has 1 aromatic carbocycles. The van der Waals surface area contributed by atoms with Crippen LogP contribution in [0.5, 0.6) is 0 Å². The Morgan fingerprint density at radius 3 is 2.33 bits per heavy atom. The van der Waals surface area contributed by atoms with Gasteiger partial charge in [-0.3, -0.25) is 0 Å². The zero-order valence-corrected chi connectivity index (χ0v) is 12.8. The van der Waals surface area contributed by atoms with Crippen LogP contribution >= 0.6 is 11.8 Å². The van der Waals surface area contributed by atoms with Crippen LogP contribution < -0.4 is 0 Å². The van der Waals surface area contributed by atoms with Gasteiger partial charge in [0, 0.05) is 11.4 Å². The molecule has 1 heterocycles. The number of rotatable bonds is 4. The monoisotopic (exact) mass is 293 g/mol. The van der Waals surface area contributed by atoms with Crippen LogP contribution in [0.4, 0.5) is 0 Å². The average Bonchev–Trinajstić information content (AvgIpc) is 2.53. The topological polar surface area (TPSA) is 60.5 Å². The van der Waals surface area contributed by atoms with E-state index < -0.39 is 0 Å².